The third-order valence-corrected chi connectivity index (χ3v) is 6.07. The number of amides is 1. The molecule has 5 heteroatoms. The van der Waals surface area contributed by atoms with Crippen molar-refractivity contribution in [2.24, 2.45) is 5.92 Å². The Morgan fingerprint density at radius 3 is 2.55 bits per heavy atom. The van der Waals surface area contributed by atoms with E-state index < -0.39 is 0 Å². The van der Waals surface area contributed by atoms with Gasteiger partial charge in [-0.3, -0.25) is 9.69 Å². The topological polar surface area (TPSA) is 26.8 Å². The average molecular weight is 426 g/mol. The minimum absolute atomic E-state index is 0.131. The summed E-state index contributed by atoms with van der Waals surface area (Å²) < 4.78 is 14.1. The summed E-state index contributed by atoms with van der Waals surface area (Å²) in [5.41, 5.74) is 1.96. The van der Waals surface area contributed by atoms with E-state index in [4.69, 9.17) is 0 Å². The highest BCUT2D eigenvalue weighted by Gasteiger charge is 2.25. The molecular weight excluding hydrogens is 389 g/mol. The second kappa shape index (κ2) is 12.0. The van der Waals surface area contributed by atoms with Gasteiger partial charge in [-0.25, -0.2) is 4.39 Å². The van der Waals surface area contributed by atoms with Crippen LogP contribution in [0.2, 0.25) is 0 Å². The lowest BCUT2D eigenvalue weighted by molar-refractivity contribution is -0.132. The molecule has 1 saturated heterocycles. The Morgan fingerprint density at radius 2 is 1.81 bits per heavy atom. The molecule has 2 aromatic carbocycles. The second-order valence-corrected chi connectivity index (χ2v) is 8.96. The number of hydrogen-bond acceptors (Lipinski definition) is 3. The van der Waals surface area contributed by atoms with Crippen LogP contribution in [0.1, 0.15) is 30.4 Å². The molecule has 31 heavy (non-hydrogen) atoms. The quantitative estimate of drug-likeness (QED) is 0.574. The van der Waals surface area contributed by atoms with Crippen molar-refractivity contribution >= 4 is 5.91 Å². The molecule has 0 radical (unpaired) electrons. The minimum Gasteiger partial charge on any atom is -0.341 e. The van der Waals surface area contributed by atoms with E-state index in [1.54, 1.807) is 6.07 Å². The SMILES string of the molecule is CN(C)CCN(CC1CCCN(Cc2ccccc2F)C1)C(=O)CCc1ccccc1. The maximum Gasteiger partial charge on any atom is 0.222 e. The van der Waals surface area contributed by atoms with Crippen LogP contribution < -0.4 is 0 Å². The smallest absolute Gasteiger partial charge is 0.222 e. The Balaban J connectivity index is 1.57. The van der Waals surface area contributed by atoms with E-state index in [-0.39, 0.29) is 11.7 Å². The summed E-state index contributed by atoms with van der Waals surface area (Å²) in [6.45, 7) is 4.95. The number of nitrogens with zero attached hydrogens (tertiary/aromatic N) is 3. The summed E-state index contributed by atoms with van der Waals surface area (Å²) >= 11 is 0. The molecule has 4 nitrogen and oxygen atoms in total. The Bertz CT molecular complexity index is 811. The number of benzene rings is 2. The van der Waals surface area contributed by atoms with Crippen LogP contribution in [0.15, 0.2) is 54.6 Å². The van der Waals surface area contributed by atoms with Crippen LogP contribution in [0.4, 0.5) is 4.39 Å². The maximum atomic E-state index is 14.1. The molecule has 2 aromatic rings. The van der Waals surface area contributed by atoms with Gasteiger partial charge in [-0.1, -0.05) is 48.5 Å². The van der Waals surface area contributed by atoms with Gasteiger partial charge in [0.1, 0.15) is 5.82 Å². The zero-order valence-corrected chi connectivity index (χ0v) is 19.0. The fourth-order valence-electron chi connectivity index (χ4n) is 4.32. The standard InChI is InChI=1S/C26H36FN3O/c1-28(2)17-18-30(26(31)15-14-22-9-4-3-5-10-22)20-23-11-8-16-29(19-23)21-24-12-6-7-13-25(24)27/h3-7,9-10,12-13,23H,8,11,14-21H2,1-2H3. The molecule has 0 N–H and O–H groups in total. The fourth-order valence-corrected chi connectivity index (χ4v) is 4.32. The largest absolute Gasteiger partial charge is 0.341 e. The number of likely N-dealkylation sites (tertiary alicyclic amines) is 1. The lowest BCUT2D eigenvalue weighted by Gasteiger charge is -2.36. The van der Waals surface area contributed by atoms with Crippen LogP contribution in [-0.4, -0.2) is 67.4 Å². The van der Waals surface area contributed by atoms with Gasteiger partial charge in [-0.05, 0) is 57.5 Å². The normalized spacial score (nSPS) is 17.1. The monoisotopic (exact) mass is 425 g/mol. The first-order valence-electron chi connectivity index (χ1n) is 11.4. The van der Waals surface area contributed by atoms with Gasteiger partial charge < -0.3 is 9.80 Å². The molecule has 1 fully saturated rings. The third-order valence-electron chi connectivity index (χ3n) is 6.07. The zero-order valence-electron chi connectivity index (χ0n) is 19.0. The Kier molecular flexibility index (Phi) is 9.04. The van der Waals surface area contributed by atoms with E-state index >= 15 is 0 Å². The maximum absolute atomic E-state index is 14.1. The molecule has 1 atom stereocenters. The molecule has 1 amide bonds. The molecule has 1 heterocycles. The van der Waals surface area contributed by atoms with Crippen LogP contribution in [0.3, 0.4) is 0 Å². The van der Waals surface area contributed by atoms with Crippen molar-refractivity contribution in [2.75, 3.05) is 46.8 Å². The molecule has 1 aliphatic rings. The number of carbonyl (C=O) groups is 1. The molecule has 0 saturated carbocycles. The van der Waals surface area contributed by atoms with Crippen LogP contribution in [0, 0.1) is 11.7 Å². The van der Waals surface area contributed by atoms with Crippen LogP contribution in [0.25, 0.3) is 0 Å². The Labute approximate surface area is 186 Å². The molecule has 1 unspecified atom stereocenters. The van der Waals surface area contributed by atoms with Gasteiger partial charge in [-0.15, -0.1) is 0 Å². The first kappa shape index (κ1) is 23.4. The van der Waals surface area contributed by atoms with Gasteiger partial charge in [-0.2, -0.15) is 0 Å². The van der Waals surface area contributed by atoms with Crippen LogP contribution in [0.5, 0.6) is 0 Å². The number of carbonyl (C=O) groups excluding carboxylic acids is 1. The van der Waals surface area contributed by atoms with E-state index in [0.29, 0.717) is 18.9 Å². The van der Waals surface area contributed by atoms with Crippen molar-refractivity contribution < 1.29 is 9.18 Å². The summed E-state index contributed by atoms with van der Waals surface area (Å²) in [6, 6.07) is 17.3. The Hall–Kier alpha value is -2.24. The van der Waals surface area contributed by atoms with E-state index in [1.807, 2.05) is 44.4 Å². The molecule has 0 spiro atoms. The van der Waals surface area contributed by atoms with E-state index in [0.717, 1.165) is 57.5 Å². The first-order valence-corrected chi connectivity index (χ1v) is 11.4. The minimum atomic E-state index is -0.131. The molecule has 0 bridgehead atoms. The number of aryl methyl sites for hydroxylation is 1. The van der Waals surface area contributed by atoms with Gasteiger partial charge in [0.2, 0.25) is 5.91 Å². The summed E-state index contributed by atoms with van der Waals surface area (Å²) in [7, 11) is 4.09. The predicted molar refractivity (Wildman–Crippen MR) is 124 cm³/mol. The first-order chi connectivity index (χ1) is 15.0. The number of rotatable bonds is 10. The van der Waals surface area contributed by atoms with Crippen molar-refractivity contribution in [3.63, 3.8) is 0 Å². The van der Waals surface area contributed by atoms with E-state index in [9.17, 15) is 9.18 Å². The fraction of sp³-hybridized carbons (Fsp3) is 0.500. The molecular formula is C26H36FN3O. The number of likely N-dealkylation sites (N-methyl/N-ethyl adjacent to an activating group) is 1. The van der Waals surface area contributed by atoms with Gasteiger partial charge in [0.15, 0.2) is 0 Å². The zero-order chi connectivity index (χ0) is 22.1. The molecule has 3 rings (SSSR count). The lowest BCUT2D eigenvalue weighted by Crippen LogP contribution is -2.44. The predicted octanol–water partition coefficient (Wildman–Crippen LogP) is 4.06. The van der Waals surface area contributed by atoms with Crippen molar-refractivity contribution in [1.29, 1.82) is 0 Å². The van der Waals surface area contributed by atoms with Crippen molar-refractivity contribution in [3.8, 4) is 0 Å². The highest BCUT2D eigenvalue weighted by atomic mass is 19.1. The third kappa shape index (κ3) is 7.75. The number of hydrogen-bond donors (Lipinski definition) is 0. The van der Waals surface area contributed by atoms with Crippen LogP contribution >= 0.6 is 0 Å². The summed E-state index contributed by atoms with van der Waals surface area (Å²) in [5, 5.41) is 0. The van der Waals surface area contributed by atoms with Crippen molar-refractivity contribution in [1.82, 2.24) is 14.7 Å². The highest BCUT2D eigenvalue weighted by Crippen LogP contribution is 2.21. The van der Waals surface area contributed by atoms with Gasteiger partial charge in [0.05, 0.1) is 0 Å². The van der Waals surface area contributed by atoms with Crippen LogP contribution in [-0.2, 0) is 17.8 Å². The van der Waals surface area contributed by atoms with Crippen molar-refractivity contribution in [2.45, 2.75) is 32.2 Å². The summed E-state index contributed by atoms with van der Waals surface area (Å²) in [4.78, 5) is 19.6. The summed E-state index contributed by atoms with van der Waals surface area (Å²) in [5.74, 6) is 0.536. The van der Waals surface area contributed by atoms with Gasteiger partial charge in [0, 0.05) is 44.7 Å². The molecule has 1 aliphatic heterocycles. The van der Waals surface area contributed by atoms with Gasteiger partial charge >= 0.3 is 0 Å². The van der Waals surface area contributed by atoms with E-state index in [1.165, 1.54) is 11.6 Å². The van der Waals surface area contributed by atoms with Gasteiger partial charge in [0.25, 0.3) is 0 Å². The second-order valence-electron chi connectivity index (χ2n) is 8.96. The molecule has 0 aliphatic carbocycles. The lowest BCUT2D eigenvalue weighted by atomic mass is 9.96. The highest BCUT2D eigenvalue weighted by molar-refractivity contribution is 5.76. The average Bonchev–Trinajstić information content (AvgIpc) is 2.77. The Morgan fingerprint density at radius 1 is 1.06 bits per heavy atom. The number of piperidine rings is 1. The van der Waals surface area contributed by atoms with E-state index in [2.05, 4.69) is 26.8 Å². The molecule has 0 aromatic heterocycles. The number of halogens is 1. The summed E-state index contributed by atoms with van der Waals surface area (Å²) in [6.07, 6.45) is 3.54. The van der Waals surface area contributed by atoms with Crippen molar-refractivity contribution in [3.05, 3.63) is 71.5 Å². The molecule has 168 valence electrons.